The molecule has 0 saturated heterocycles. The quantitative estimate of drug-likeness (QED) is 0.520. The molecule has 0 spiro atoms. The molecule has 0 amide bonds. The van der Waals surface area contributed by atoms with Crippen molar-refractivity contribution in [3.8, 4) is 11.4 Å². The number of aromatic amines is 1. The van der Waals surface area contributed by atoms with E-state index in [1.54, 1.807) is 12.1 Å². The van der Waals surface area contributed by atoms with Gasteiger partial charge < -0.3 is 0 Å². The first-order chi connectivity index (χ1) is 11.0. The van der Waals surface area contributed by atoms with Crippen LogP contribution in [0.4, 0.5) is 4.39 Å². The maximum absolute atomic E-state index is 13.8. The van der Waals surface area contributed by atoms with Gasteiger partial charge in [0.1, 0.15) is 5.82 Å². The molecule has 0 bridgehead atoms. The zero-order valence-electron chi connectivity index (χ0n) is 12.1. The molecule has 1 heterocycles. The molecule has 1 aromatic heterocycles. The van der Waals surface area contributed by atoms with Crippen molar-refractivity contribution in [1.29, 1.82) is 0 Å². The number of hydrogen-bond donors (Lipinski definition) is 1. The Hall–Kier alpha value is -2.12. The smallest absolute Gasteiger partial charge is 0.216 e. The first-order valence-corrected chi connectivity index (χ1v) is 7.98. The van der Waals surface area contributed by atoms with Crippen molar-refractivity contribution in [1.82, 2.24) is 14.9 Å². The third-order valence-corrected chi connectivity index (χ3v) is 3.99. The average molecular weight is 391 g/mol. The summed E-state index contributed by atoms with van der Waals surface area (Å²) < 4.78 is 16.4. The number of aromatic nitrogens is 3. The second-order valence-corrected chi connectivity index (χ2v) is 6.24. The minimum atomic E-state index is -0.358. The highest BCUT2D eigenvalue weighted by Gasteiger charge is 2.08. The van der Waals surface area contributed by atoms with Gasteiger partial charge in [-0.2, -0.15) is 14.9 Å². The van der Waals surface area contributed by atoms with Crippen LogP contribution in [0, 0.1) is 17.5 Å². The van der Waals surface area contributed by atoms with Crippen LogP contribution in [-0.4, -0.2) is 21.1 Å². The fourth-order valence-electron chi connectivity index (χ4n) is 2.02. The largest absolute Gasteiger partial charge is 0.250 e. The number of benzene rings is 2. The van der Waals surface area contributed by atoms with Crippen LogP contribution in [0.25, 0.3) is 11.4 Å². The molecule has 0 fully saturated rings. The SMILES string of the molecule is Cc1ccc(-c2n[nH]c(=S)n2N=Cc2cc(Br)ccc2F)cc1. The Morgan fingerprint density at radius 3 is 2.74 bits per heavy atom. The van der Waals surface area contributed by atoms with E-state index < -0.39 is 0 Å². The number of nitrogens with zero attached hydrogens (tertiary/aromatic N) is 3. The summed E-state index contributed by atoms with van der Waals surface area (Å²) in [7, 11) is 0. The summed E-state index contributed by atoms with van der Waals surface area (Å²) in [6.45, 7) is 2.01. The van der Waals surface area contributed by atoms with Crippen molar-refractivity contribution in [3.05, 3.63) is 68.7 Å². The fraction of sp³-hybridized carbons (Fsp3) is 0.0625. The summed E-state index contributed by atoms with van der Waals surface area (Å²) in [5, 5.41) is 11.2. The highest BCUT2D eigenvalue weighted by molar-refractivity contribution is 9.10. The minimum absolute atomic E-state index is 0.340. The normalized spacial score (nSPS) is 11.3. The molecular formula is C16H12BrFN4S. The molecule has 116 valence electrons. The second kappa shape index (κ2) is 6.55. The molecule has 0 radical (unpaired) electrons. The van der Waals surface area contributed by atoms with Gasteiger partial charge in [-0.25, -0.2) is 9.49 Å². The lowest BCUT2D eigenvalue weighted by molar-refractivity contribution is 0.625. The van der Waals surface area contributed by atoms with E-state index in [0.717, 1.165) is 15.6 Å². The van der Waals surface area contributed by atoms with Crippen LogP contribution in [0.2, 0.25) is 0 Å². The number of hydrogen-bond acceptors (Lipinski definition) is 3. The van der Waals surface area contributed by atoms with Gasteiger partial charge in [0, 0.05) is 15.6 Å². The molecule has 0 atom stereocenters. The van der Waals surface area contributed by atoms with Crippen LogP contribution in [0.1, 0.15) is 11.1 Å². The molecule has 0 aliphatic rings. The summed E-state index contributed by atoms with van der Waals surface area (Å²) in [5.41, 5.74) is 2.38. The monoisotopic (exact) mass is 390 g/mol. The molecule has 0 unspecified atom stereocenters. The van der Waals surface area contributed by atoms with Crippen molar-refractivity contribution >= 4 is 34.4 Å². The van der Waals surface area contributed by atoms with E-state index in [1.807, 2.05) is 31.2 Å². The molecule has 1 N–H and O–H groups in total. The molecule has 0 aliphatic carbocycles. The van der Waals surface area contributed by atoms with Crippen LogP contribution >= 0.6 is 28.1 Å². The number of nitrogens with one attached hydrogen (secondary N) is 1. The van der Waals surface area contributed by atoms with Gasteiger partial charge in [0.15, 0.2) is 5.82 Å². The van der Waals surface area contributed by atoms with Crippen molar-refractivity contribution in [2.45, 2.75) is 6.92 Å². The summed E-state index contributed by atoms with van der Waals surface area (Å²) in [4.78, 5) is 0. The molecule has 0 saturated carbocycles. The van der Waals surface area contributed by atoms with E-state index in [2.05, 4.69) is 31.2 Å². The van der Waals surface area contributed by atoms with Gasteiger partial charge >= 0.3 is 0 Å². The Kier molecular flexibility index (Phi) is 4.49. The van der Waals surface area contributed by atoms with E-state index in [1.165, 1.54) is 17.0 Å². The van der Waals surface area contributed by atoms with Crippen molar-refractivity contribution in [2.75, 3.05) is 0 Å². The maximum atomic E-state index is 13.8. The fourth-order valence-corrected chi connectivity index (χ4v) is 2.58. The van der Waals surface area contributed by atoms with Gasteiger partial charge in [-0.3, -0.25) is 0 Å². The lowest BCUT2D eigenvalue weighted by atomic mass is 10.1. The van der Waals surface area contributed by atoms with E-state index in [4.69, 9.17) is 12.2 Å². The van der Waals surface area contributed by atoms with E-state index in [9.17, 15) is 4.39 Å². The third-order valence-electron chi connectivity index (χ3n) is 3.23. The third kappa shape index (κ3) is 3.46. The van der Waals surface area contributed by atoms with E-state index in [-0.39, 0.29) is 5.82 Å². The van der Waals surface area contributed by atoms with Crippen molar-refractivity contribution in [3.63, 3.8) is 0 Å². The van der Waals surface area contributed by atoms with Gasteiger partial charge in [-0.05, 0) is 37.3 Å². The topological polar surface area (TPSA) is 46.0 Å². The number of aryl methyl sites for hydroxylation is 1. The van der Waals surface area contributed by atoms with Crippen LogP contribution in [0.15, 0.2) is 52.0 Å². The van der Waals surface area contributed by atoms with E-state index in [0.29, 0.717) is 16.2 Å². The Bertz CT molecular complexity index is 928. The first-order valence-electron chi connectivity index (χ1n) is 6.78. The van der Waals surface area contributed by atoms with Crippen molar-refractivity contribution in [2.24, 2.45) is 5.10 Å². The summed E-state index contributed by atoms with van der Waals surface area (Å²) in [6, 6.07) is 12.5. The second-order valence-electron chi connectivity index (χ2n) is 4.94. The average Bonchev–Trinajstić information content (AvgIpc) is 2.90. The van der Waals surface area contributed by atoms with Gasteiger partial charge in [-0.15, -0.1) is 0 Å². The Balaban J connectivity index is 2.02. The zero-order chi connectivity index (χ0) is 16.4. The summed E-state index contributed by atoms with van der Waals surface area (Å²) in [5.74, 6) is 0.213. The van der Waals surface area contributed by atoms with Gasteiger partial charge in [-0.1, -0.05) is 45.8 Å². The molecule has 0 aliphatic heterocycles. The minimum Gasteiger partial charge on any atom is -0.250 e. The van der Waals surface area contributed by atoms with Crippen LogP contribution in [0.5, 0.6) is 0 Å². The Morgan fingerprint density at radius 2 is 2.00 bits per heavy atom. The number of halogens is 2. The van der Waals surface area contributed by atoms with Crippen molar-refractivity contribution < 1.29 is 4.39 Å². The highest BCUT2D eigenvalue weighted by atomic mass is 79.9. The molecule has 3 aromatic rings. The number of H-pyrrole nitrogens is 1. The van der Waals surface area contributed by atoms with Crippen LogP contribution < -0.4 is 0 Å². The van der Waals surface area contributed by atoms with Crippen LogP contribution in [-0.2, 0) is 0 Å². The molecule has 4 nitrogen and oxygen atoms in total. The molecule has 2 aromatic carbocycles. The highest BCUT2D eigenvalue weighted by Crippen LogP contribution is 2.18. The Morgan fingerprint density at radius 1 is 1.26 bits per heavy atom. The first kappa shape index (κ1) is 15.8. The summed E-state index contributed by atoms with van der Waals surface area (Å²) >= 11 is 8.51. The summed E-state index contributed by atoms with van der Waals surface area (Å²) in [6.07, 6.45) is 1.42. The molecule has 7 heteroatoms. The zero-order valence-corrected chi connectivity index (χ0v) is 14.5. The molecular weight excluding hydrogens is 379 g/mol. The lowest BCUT2D eigenvalue weighted by Gasteiger charge is -2.02. The number of rotatable bonds is 3. The molecule has 23 heavy (non-hydrogen) atoms. The standard InChI is InChI=1S/C16H12BrFN4S/c1-10-2-4-11(5-3-10)15-20-21-16(23)22(15)19-9-12-8-13(17)6-7-14(12)18/h2-9H,1H3,(H,21,23). The predicted octanol–water partition coefficient (Wildman–Crippen LogP) is 4.70. The van der Waals surface area contributed by atoms with Gasteiger partial charge in [0.05, 0.1) is 6.21 Å². The van der Waals surface area contributed by atoms with Crippen LogP contribution in [0.3, 0.4) is 0 Å². The Labute approximate surface area is 145 Å². The predicted molar refractivity (Wildman–Crippen MR) is 94.7 cm³/mol. The van der Waals surface area contributed by atoms with Gasteiger partial charge in [0.2, 0.25) is 4.77 Å². The lowest BCUT2D eigenvalue weighted by Crippen LogP contribution is -1.96. The molecule has 3 rings (SSSR count). The van der Waals surface area contributed by atoms with E-state index >= 15 is 0 Å². The van der Waals surface area contributed by atoms with Gasteiger partial charge in [0.25, 0.3) is 0 Å². The maximum Gasteiger partial charge on any atom is 0.216 e.